The molecule has 6 rings (SSSR count). The molecule has 2 amide bonds. The zero-order valence-electron chi connectivity index (χ0n) is 18.2. The van der Waals surface area contributed by atoms with E-state index in [0.717, 1.165) is 32.1 Å². The minimum Gasteiger partial charge on any atom is -0.477 e. The fourth-order valence-electron chi connectivity index (χ4n) is 7.14. The number of nitrogens with two attached hydrogens (primary N) is 1. The van der Waals surface area contributed by atoms with Crippen LogP contribution >= 0.6 is 0 Å². The Balaban J connectivity index is 1.31. The Morgan fingerprint density at radius 2 is 2.00 bits per heavy atom. The molecule has 164 valence electrons. The Bertz CT molecular complexity index is 935. The summed E-state index contributed by atoms with van der Waals surface area (Å²) in [5.74, 6) is 1.91. The maximum absolute atomic E-state index is 13.5. The van der Waals surface area contributed by atoms with Crippen molar-refractivity contribution in [1.29, 1.82) is 5.26 Å². The first kappa shape index (κ1) is 20.3. The molecule has 31 heavy (non-hydrogen) atoms. The van der Waals surface area contributed by atoms with Gasteiger partial charge < -0.3 is 15.4 Å². The SMILES string of the molecule is CC1(C)C(=O)N(C2C3CC4CC2CC(C(N)=O)(C4)C3)CC1COc1ccc(C#N)cn1. The molecule has 5 fully saturated rings. The number of nitrogens with zero attached hydrogens (tertiary/aromatic N) is 3. The van der Waals surface area contributed by atoms with Gasteiger partial charge in [0.15, 0.2) is 0 Å². The second kappa shape index (κ2) is 6.94. The molecule has 3 unspecified atom stereocenters. The summed E-state index contributed by atoms with van der Waals surface area (Å²) >= 11 is 0. The highest BCUT2D eigenvalue weighted by molar-refractivity contribution is 5.85. The van der Waals surface area contributed by atoms with E-state index in [9.17, 15) is 9.59 Å². The third kappa shape index (κ3) is 3.10. The number of ether oxygens (including phenoxy) is 1. The molecule has 2 N–H and O–H groups in total. The molecule has 0 radical (unpaired) electrons. The molecule has 4 bridgehead atoms. The summed E-state index contributed by atoms with van der Waals surface area (Å²) in [4.78, 5) is 32.1. The van der Waals surface area contributed by atoms with Crippen LogP contribution in [0.4, 0.5) is 0 Å². The second-order valence-corrected chi connectivity index (χ2v) is 10.8. The van der Waals surface area contributed by atoms with Crippen LogP contribution in [0.1, 0.15) is 51.5 Å². The van der Waals surface area contributed by atoms with Gasteiger partial charge in [-0.15, -0.1) is 0 Å². The Morgan fingerprint density at radius 1 is 1.29 bits per heavy atom. The van der Waals surface area contributed by atoms with E-state index in [0.29, 0.717) is 42.3 Å². The number of primary amides is 1. The molecule has 4 saturated carbocycles. The maximum atomic E-state index is 13.5. The number of aromatic nitrogens is 1. The van der Waals surface area contributed by atoms with Crippen LogP contribution in [0.2, 0.25) is 0 Å². The van der Waals surface area contributed by atoms with Crippen LogP contribution in [-0.2, 0) is 9.59 Å². The lowest BCUT2D eigenvalue weighted by molar-refractivity contribution is -0.159. The van der Waals surface area contributed by atoms with Crippen molar-refractivity contribution in [2.45, 2.75) is 52.0 Å². The first-order valence-corrected chi connectivity index (χ1v) is 11.3. The normalized spacial score (nSPS) is 37.6. The van der Waals surface area contributed by atoms with Crippen LogP contribution in [0.5, 0.6) is 5.88 Å². The largest absolute Gasteiger partial charge is 0.477 e. The zero-order chi connectivity index (χ0) is 22.0. The Morgan fingerprint density at radius 3 is 2.58 bits per heavy atom. The quantitative estimate of drug-likeness (QED) is 0.784. The van der Waals surface area contributed by atoms with Crippen LogP contribution in [-0.4, -0.2) is 40.9 Å². The van der Waals surface area contributed by atoms with Crippen LogP contribution in [0.15, 0.2) is 18.3 Å². The van der Waals surface area contributed by atoms with Crippen molar-refractivity contribution in [2.75, 3.05) is 13.2 Å². The highest BCUT2D eigenvalue weighted by Crippen LogP contribution is 2.61. The van der Waals surface area contributed by atoms with Crippen molar-refractivity contribution in [3.63, 3.8) is 0 Å². The van der Waals surface area contributed by atoms with E-state index in [1.54, 1.807) is 12.1 Å². The summed E-state index contributed by atoms with van der Waals surface area (Å²) in [7, 11) is 0. The van der Waals surface area contributed by atoms with E-state index in [2.05, 4.69) is 9.88 Å². The zero-order valence-corrected chi connectivity index (χ0v) is 18.2. The summed E-state index contributed by atoms with van der Waals surface area (Å²) in [6, 6.07) is 5.64. The second-order valence-electron chi connectivity index (χ2n) is 10.8. The molecule has 7 heteroatoms. The van der Waals surface area contributed by atoms with Crippen molar-refractivity contribution in [2.24, 2.45) is 40.2 Å². The molecular weight excluding hydrogens is 392 g/mol. The van der Waals surface area contributed by atoms with Gasteiger partial charge in [0.05, 0.1) is 17.6 Å². The molecule has 1 aliphatic heterocycles. The molecule has 1 aromatic heterocycles. The van der Waals surface area contributed by atoms with Gasteiger partial charge in [-0.3, -0.25) is 9.59 Å². The smallest absolute Gasteiger partial charge is 0.228 e. The monoisotopic (exact) mass is 422 g/mol. The number of amides is 2. The standard InChI is InChI=1S/C24H30N4O3/c1-23(2)18(13-31-19-4-3-14(10-25)11-27-19)12-28(22(23)30)20-16-5-15-6-17(20)9-24(7-15,8-16)21(26)29/h3-4,11,15-18,20H,5-9,12-13H2,1-2H3,(H2,26,29). The summed E-state index contributed by atoms with van der Waals surface area (Å²) in [5.41, 5.74) is 5.48. The maximum Gasteiger partial charge on any atom is 0.228 e. The van der Waals surface area contributed by atoms with Gasteiger partial charge in [0.2, 0.25) is 17.7 Å². The molecule has 5 aliphatic rings. The lowest BCUT2D eigenvalue weighted by Crippen LogP contribution is -2.62. The van der Waals surface area contributed by atoms with Gasteiger partial charge in [-0.1, -0.05) is 13.8 Å². The third-order valence-electron chi connectivity index (χ3n) is 8.65. The first-order valence-electron chi connectivity index (χ1n) is 11.3. The van der Waals surface area contributed by atoms with E-state index in [4.69, 9.17) is 15.7 Å². The van der Waals surface area contributed by atoms with E-state index < -0.39 is 5.41 Å². The molecule has 1 saturated heterocycles. The predicted octanol–water partition coefficient (Wildman–Crippen LogP) is 2.50. The van der Waals surface area contributed by atoms with E-state index >= 15 is 0 Å². The Labute approximate surface area is 182 Å². The van der Waals surface area contributed by atoms with Crippen LogP contribution in [0.3, 0.4) is 0 Å². The highest BCUT2D eigenvalue weighted by atomic mass is 16.5. The Hall–Kier alpha value is -2.62. The van der Waals surface area contributed by atoms with Gasteiger partial charge in [0.25, 0.3) is 0 Å². The summed E-state index contributed by atoms with van der Waals surface area (Å²) < 4.78 is 5.91. The van der Waals surface area contributed by atoms with Gasteiger partial charge in [-0.2, -0.15) is 5.26 Å². The number of nitriles is 1. The van der Waals surface area contributed by atoms with E-state index in [1.807, 2.05) is 19.9 Å². The molecule has 1 aromatic rings. The third-order valence-corrected chi connectivity index (χ3v) is 8.65. The van der Waals surface area contributed by atoms with Crippen LogP contribution < -0.4 is 10.5 Å². The molecule has 3 atom stereocenters. The summed E-state index contributed by atoms with van der Waals surface area (Å²) in [5, 5.41) is 8.92. The van der Waals surface area contributed by atoms with Crippen molar-refractivity contribution in [1.82, 2.24) is 9.88 Å². The lowest BCUT2D eigenvalue weighted by atomic mass is 9.47. The minimum atomic E-state index is -0.511. The van der Waals surface area contributed by atoms with E-state index in [-0.39, 0.29) is 29.2 Å². The number of rotatable bonds is 5. The number of hydrogen-bond donors (Lipinski definition) is 1. The van der Waals surface area contributed by atoms with Crippen molar-refractivity contribution in [3.05, 3.63) is 23.9 Å². The highest BCUT2D eigenvalue weighted by Gasteiger charge is 2.61. The van der Waals surface area contributed by atoms with Gasteiger partial charge in [0, 0.05) is 36.2 Å². The van der Waals surface area contributed by atoms with Crippen molar-refractivity contribution in [3.8, 4) is 11.9 Å². The number of carbonyl (C=O) groups is 2. The van der Waals surface area contributed by atoms with Crippen LogP contribution in [0.25, 0.3) is 0 Å². The molecule has 7 nitrogen and oxygen atoms in total. The fourth-order valence-corrected chi connectivity index (χ4v) is 7.14. The van der Waals surface area contributed by atoms with E-state index in [1.165, 1.54) is 6.20 Å². The number of hydrogen-bond acceptors (Lipinski definition) is 5. The molecule has 0 spiro atoms. The summed E-state index contributed by atoms with van der Waals surface area (Å²) in [6.45, 7) is 5.10. The average Bonchev–Trinajstić information content (AvgIpc) is 2.95. The number of likely N-dealkylation sites (tertiary alicyclic amines) is 1. The lowest BCUT2D eigenvalue weighted by Gasteiger charge is -2.60. The van der Waals surface area contributed by atoms with Gasteiger partial charge in [-0.25, -0.2) is 4.98 Å². The number of carbonyl (C=O) groups excluding carboxylic acids is 2. The molecular formula is C24H30N4O3. The van der Waals surface area contributed by atoms with Gasteiger partial charge >= 0.3 is 0 Å². The van der Waals surface area contributed by atoms with Gasteiger partial charge in [-0.05, 0) is 55.9 Å². The Kier molecular flexibility index (Phi) is 4.55. The molecule has 0 aromatic carbocycles. The molecule has 4 aliphatic carbocycles. The molecule has 2 heterocycles. The average molecular weight is 423 g/mol. The number of pyridine rings is 1. The topological polar surface area (TPSA) is 109 Å². The first-order chi connectivity index (χ1) is 14.7. The van der Waals surface area contributed by atoms with Crippen molar-refractivity contribution >= 4 is 11.8 Å². The van der Waals surface area contributed by atoms with Gasteiger partial charge in [0.1, 0.15) is 6.07 Å². The fraction of sp³-hybridized carbons (Fsp3) is 0.667. The van der Waals surface area contributed by atoms with Crippen molar-refractivity contribution < 1.29 is 14.3 Å². The minimum absolute atomic E-state index is 0.0553. The summed E-state index contributed by atoms with van der Waals surface area (Å²) in [6.07, 6.45) is 6.32. The van der Waals surface area contributed by atoms with Crippen LogP contribution in [0, 0.1) is 45.8 Å². The predicted molar refractivity (Wildman–Crippen MR) is 112 cm³/mol.